The second-order valence-electron chi connectivity index (χ2n) is 2.71. The highest BCUT2D eigenvalue weighted by Gasteiger charge is 2.15. The summed E-state index contributed by atoms with van der Waals surface area (Å²) in [5, 5.41) is 9.21. The molecule has 1 unspecified atom stereocenters. The van der Waals surface area contributed by atoms with E-state index in [9.17, 15) is 5.11 Å². The minimum atomic E-state index is -0.706. The first-order valence-corrected chi connectivity index (χ1v) is 4.68. The minimum absolute atomic E-state index is 0. The molecule has 1 aromatic rings. The molecule has 0 spiro atoms. The zero-order valence-corrected chi connectivity index (χ0v) is 10.4. The molecule has 0 aliphatic rings. The Kier molecular flexibility index (Phi) is 5.71. The van der Waals surface area contributed by atoms with Crippen LogP contribution in [-0.2, 0) is 11.3 Å². The van der Waals surface area contributed by atoms with Gasteiger partial charge < -0.3 is 26.8 Å². The largest absolute Gasteiger partial charge is 1.00 e. The molecule has 0 aliphatic carbocycles. The molecule has 0 saturated carbocycles. The van der Waals surface area contributed by atoms with Gasteiger partial charge in [0.15, 0.2) is 12.2 Å². The Morgan fingerprint density at radius 3 is 2.62 bits per heavy atom. The predicted molar refractivity (Wildman–Crippen MR) is 47.0 cm³/mol. The van der Waals surface area contributed by atoms with Crippen LogP contribution in [0.5, 0.6) is 0 Å². The van der Waals surface area contributed by atoms with Crippen molar-refractivity contribution >= 4 is 11.3 Å². The Morgan fingerprint density at radius 2 is 2.23 bits per heavy atom. The van der Waals surface area contributed by atoms with Gasteiger partial charge in [0.2, 0.25) is 11.8 Å². The van der Waals surface area contributed by atoms with Gasteiger partial charge in [0.05, 0.1) is 4.88 Å². The van der Waals surface area contributed by atoms with Gasteiger partial charge >= 0.3 is 0 Å². The van der Waals surface area contributed by atoms with Crippen molar-refractivity contribution in [1.82, 2.24) is 0 Å². The molecule has 0 aliphatic heterocycles. The van der Waals surface area contributed by atoms with Crippen molar-refractivity contribution in [2.75, 3.05) is 7.11 Å². The summed E-state index contributed by atoms with van der Waals surface area (Å²) in [6.07, 6.45) is -0.706. The maximum absolute atomic E-state index is 9.21. The molecule has 0 bridgehead atoms. The highest BCUT2D eigenvalue weighted by molar-refractivity contribution is 7.09. The van der Waals surface area contributed by atoms with E-state index >= 15 is 0 Å². The first-order chi connectivity index (χ1) is 5.65. The summed E-state index contributed by atoms with van der Waals surface area (Å²) in [6.45, 7) is 4.61. The second-order valence-corrected chi connectivity index (χ2v) is 3.77. The van der Waals surface area contributed by atoms with E-state index in [1.54, 1.807) is 11.3 Å². The predicted octanol–water partition coefficient (Wildman–Crippen LogP) is -2.38. The molecule has 1 aromatic heterocycles. The van der Waals surface area contributed by atoms with Crippen molar-refractivity contribution in [2.24, 2.45) is 0 Å². The van der Waals surface area contributed by atoms with Crippen molar-refractivity contribution in [3.8, 4) is 0 Å². The van der Waals surface area contributed by atoms with E-state index in [0.717, 1.165) is 0 Å². The van der Waals surface area contributed by atoms with E-state index in [0.29, 0.717) is 6.54 Å². The smallest absolute Gasteiger partial charge is 0.225 e. The minimum Gasteiger partial charge on any atom is -1.00 e. The van der Waals surface area contributed by atoms with Gasteiger partial charge in [-0.15, -0.1) is 0 Å². The third-order valence-corrected chi connectivity index (χ3v) is 2.93. The van der Waals surface area contributed by atoms with E-state index in [4.69, 9.17) is 4.74 Å². The quantitative estimate of drug-likeness (QED) is 0.491. The van der Waals surface area contributed by atoms with E-state index in [1.165, 1.54) is 17.7 Å². The highest BCUT2D eigenvalue weighted by atomic mass is 79.9. The van der Waals surface area contributed by atoms with Gasteiger partial charge in [-0.25, -0.2) is 0 Å². The molecular weight excluding hydrogens is 254 g/mol. The van der Waals surface area contributed by atoms with E-state index in [2.05, 4.69) is 6.92 Å². The molecule has 0 aromatic carbocycles. The molecule has 0 fully saturated rings. The topological polar surface area (TPSA) is 33.3 Å². The molecule has 76 valence electrons. The summed E-state index contributed by atoms with van der Waals surface area (Å²) in [5.74, 6) is 0. The number of hydrogen-bond donors (Lipinski definition) is 1. The van der Waals surface area contributed by atoms with Crippen LogP contribution in [0.3, 0.4) is 0 Å². The Labute approximate surface area is 92.7 Å². The molecule has 1 rings (SSSR count). The number of methoxy groups -OCH3 is 1. The normalized spacial score (nSPS) is 12.3. The SMILES string of the molecule is COC(O)C[n+]1csc(C)c1C.[Br-]. The summed E-state index contributed by atoms with van der Waals surface area (Å²) in [7, 11) is 1.50. The second kappa shape index (κ2) is 5.70. The third-order valence-electron chi connectivity index (χ3n) is 1.92. The number of ether oxygens (including phenoxy) is 1. The lowest BCUT2D eigenvalue weighted by molar-refractivity contribution is -0.711. The highest BCUT2D eigenvalue weighted by Crippen LogP contribution is 2.07. The fourth-order valence-corrected chi connectivity index (χ4v) is 1.75. The average molecular weight is 268 g/mol. The van der Waals surface area contributed by atoms with E-state index in [-0.39, 0.29) is 17.0 Å². The van der Waals surface area contributed by atoms with Crippen molar-refractivity contribution < 1.29 is 31.4 Å². The monoisotopic (exact) mass is 267 g/mol. The van der Waals surface area contributed by atoms with Crippen LogP contribution in [0.2, 0.25) is 0 Å². The molecule has 3 nitrogen and oxygen atoms in total. The Morgan fingerprint density at radius 1 is 1.62 bits per heavy atom. The van der Waals surface area contributed by atoms with Gasteiger partial charge in [-0.1, -0.05) is 11.3 Å². The van der Waals surface area contributed by atoms with Gasteiger partial charge in [-0.2, -0.15) is 4.57 Å². The van der Waals surface area contributed by atoms with E-state index in [1.807, 2.05) is 17.0 Å². The van der Waals surface area contributed by atoms with Crippen molar-refractivity contribution in [2.45, 2.75) is 26.7 Å². The third kappa shape index (κ3) is 3.34. The van der Waals surface area contributed by atoms with Gasteiger partial charge in [0.25, 0.3) is 0 Å². The van der Waals surface area contributed by atoms with Crippen LogP contribution < -0.4 is 21.5 Å². The fourth-order valence-electron chi connectivity index (χ4n) is 0.932. The molecule has 0 amide bonds. The number of aromatic nitrogens is 1. The molecule has 1 N–H and O–H groups in total. The Bertz CT molecular complexity index is 265. The maximum Gasteiger partial charge on any atom is 0.225 e. The van der Waals surface area contributed by atoms with Crippen LogP contribution in [0.4, 0.5) is 0 Å². The number of aliphatic hydroxyl groups excluding tert-OH is 1. The zero-order valence-electron chi connectivity index (χ0n) is 7.95. The Hall–Kier alpha value is 0.0300. The maximum atomic E-state index is 9.21. The van der Waals surface area contributed by atoms with Gasteiger partial charge in [-0.05, 0) is 6.92 Å². The summed E-state index contributed by atoms with van der Waals surface area (Å²) in [4.78, 5) is 1.28. The van der Waals surface area contributed by atoms with Gasteiger partial charge in [0, 0.05) is 14.0 Å². The molecule has 1 heterocycles. The number of thiazole rings is 1. The number of nitrogens with zero attached hydrogens (tertiary/aromatic N) is 1. The van der Waals surface area contributed by atoms with Crippen LogP contribution in [-0.4, -0.2) is 18.5 Å². The summed E-state index contributed by atoms with van der Waals surface area (Å²) >= 11 is 1.68. The van der Waals surface area contributed by atoms with Crippen LogP contribution in [0, 0.1) is 13.8 Å². The van der Waals surface area contributed by atoms with Crippen LogP contribution >= 0.6 is 11.3 Å². The number of rotatable bonds is 3. The molecule has 5 heteroatoms. The van der Waals surface area contributed by atoms with Crippen molar-refractivity contribution in [3.63, 3.8) is 0 Å². The molecule has 13 heavy (non-hydrogen) atoms. The lowest BCUT2D eigenvalue weighted by Crippen LogP contribution is -3.00. The standard InChI is InChI=1S/C8H14NO2S.BrH/c1-6-7(2)12-5-9(6)4-8(10)11-3;/h5,8,10H,4H2,1-3H3;1H/q+1;/p-1. The molecule has 1 atom stereocenters. The average Bonchev–Trinajstić information content (AvgIpc) is 2.36. The number of aliphatic hydroxyl groups is 1. The van der Waals surface area contributed by atoms with Gasteiger partial charge in [0.1, 0.15) is 0 Å². The summed E-state index contributed by atoms with van der Waals surface area (Å²) in [6, 6.07) is 0. The fraction of sp³-hybridized carbons (Fsp3) is 0.625. The van der Waals surface area contributed by atoms with Crippen molar-refractivity contribution in [3.05, 3.63) is 16.1 Å². The van der Waals surface area contributed by atoms with Gasteiger partial charge in [-0.3, -0.25) is 0 Å². The first-order valence-electron chi connectivity index (χ1n) is 3.80. The lowest BCUT2D eigenvalue weighted by Gasteiger charge is -2.02. The molecule has 0 radical (unpaired) electrons. The van der Waals surface area contributed by atoms with Crippen molar-refractivity contribution in [1.29, 1.82) is 0 Å². The summed E-state index contributed by atoms with van der Waals surface area (Å²) < 4.78 is 6.75. The zero-order chi connectivity index (χ0) is 9.14. The summed E-state index contributed by atoms with van der Waals surface area (Å²) in [5.41, 5.74) is 3.18. The number of halogens is 1. The molecular formula is C8H14BrNO2S. The molecule has 0 saturated heterocycles. The number of aryl methyl sites for hydroxylation is 1. The van der Waals surface area contributed by atoms with Crippen LogP contribution in [0.15, 0.2) is 5.51 Å². The number of hydrogen-bond acceptors (Lipinski definition) is 3. The lowest BCUT2D eigenvalue weighted by atomic mass is 10.4. The van der Waals surface area contributed by atoms with Crippen LogP contribution in [0.25, 0.3) is 0 Å². The van der Waals surface area contributed by atoms with E-state index < -0.39 is 6.29 Å². The Balaban J connectivity index is 0.00000144. The first kappa shape index (κ1) is 13.0. The van der Waals surface area contributed by atoms with Crippen LogP contribution in [0.1, 0.15) is 10.6 Å².